The highest BCUT2D eigenvalue weighted by Crippen LogP contribution is 2.22. The lowest BCUT2D eigenvalue weighted by Gasteiger charge is -2.13. The summed E-state index contributed by atoms with van der Waals surface area (Å²) in [4.78, 5) is 13.1. The van der Waals surface area contributed by atoms with Gasteiger partial charge in [0.05, 0.1) is 6.04 Å². The van der Waals surface area contributed by atoms with Crippen molar-refractivity contribution in [2.45, 2.75) is 26.3 Å². The fourth-order valence-corrected chi connectivity index (χ4v) is 2.54. The molecule has 0 radical (unpaired) electrons. The number of aryl methyl sites for hydroxylation is 1. The predicted octanol–water partition coefficient (Wildman–Crippen LogP) is 2.91. The molecule has 0 saturated heterocycles. The quantitative estimate of drug-likeness (QED) is 0.599. The van der Waals surface area contributed by atoms with E-state index < -0.39 is 0 Å². The summed E-state index contributed by atoms with van der Waals surface area (Å²) in [6.07, 6.45) is 2.30. The van der Waals surface area contributed by atoms with Crippen molar-refractivity contribution in [1.82, 2.24) is 29.7 Å². The van der Waals surface area contributed by atoms with Crippen LogP contribution in [0.5, 0.6) is 0 Å². The van der Waals surface area contributed by atoms with Crippen molar-refractivity contribution in [2.24, 2.45) is 0 Å². The number of anilines is 1. The van der Waals surface area contributed by atoms with Crippen LogP contribution < -0.4 is 5.32 Å². The minimum absolute atomic E-state index is 0.166. The van der Waals surface area contributed by atoms with Gasteiger partial charge in [-0.15, -0.1) is 0 Å². The fraction of sp³-hybridized carbons (Fsp3) is 0.235. The zero-order valence-electron chi connectivity index (χ0n) is 13.9. The minimum Gasteiger partial charge on any atom is -0.360 e. The summed E-state index contributed by atoms with van der Waals surface area (Å²) in [6, 6.07) is 11.5. The van der Waals surface area contributed by atoms with Gasteiger partial charge in [0.25, 0.3) is 11.7 Å². The Morgan fingerprint density at radius 1 is 1.20 bits per heavy atom. The molecule has 1 unspecified atom stereocenters. The van der Waals surface area contributed by atoms with E-state index in [1.165, 1.54) is 6.33 Å². The monoisotopic (exact) mass is 335 g/mol. The van der Waals surface area contributed by atoms with Crippen LogP contribution in [-0.2, 0) is 6.42 Å². The van der Waals surface area contributed by atoms with Gasteiger partial charge in [0.2, 0.25) is 0 Å². The van der Waals surface area contributed by atoms with Crippen molar-refractivity contribution >= 4 is 11.6 Å². The van der Waals surface area contributed by atoms with Crippen molar-refractivity contribution in [2.75, 3.05) is 5.32 Å². The van der Waals surface area contributed by atoms with Crippen LogP contribution in [0.3, 0.4) is 0 Å². The molecule has 4 aromatic rings. The summed E-state index contributed by atoms with van der Waals surface area (Å²) in [6.45, 7) is 4.02. The fourth-order valence-electron chi connectivity index (χ4n) is 2.54. The van der Waals surface area contributed by atoms with Crippen molar-refractivity contribution in [1.29, 1.82) is 0 Å². The van der Waals surface area contributed by atoms with Gasteiger partial charge >= 0.3 is 0 Å². The first-order valence-electron chi connectivity index (χ1n) is 8.10. The van der Waals surface area contributed by atoms with E-state index in [-0.39, 0.29) is 6.04 Å². The van der Waals surface area contributed by atoms with Crippen molar-refractivity contribution in [3.05, 3.63) is 54.2 Å². The maximum atomic E-state index is 5.38. The van der Waals surface area contributed by atoms with E-state index in [2.05, 4.69) is 30.5 Å². The Balaban J connectivity index is 1.61. The minimum atomic E-state index is -0.166. The number of hydrogen-bond acceptors (Lipinski definition) is 7. The van der Waals surface area contributed by atoms with Crippen LogP contribution in [0.2, 0.25) is 0 Å². The number of rotatable bonds is 5. The first-order valence-corrected chi connectivity index (χ1v) is 8.10. The molecule has 4 rings (SSSR count). The van der Waals surface area contributed by atoms with Gasteiger partial charge in [-0.3, -0.25) is 0 Å². The summed E-state index contributed by atoms with van der Waals surface area (Å²) >= 11 is 0. The third-order valence-corrected chi connectivity index (χ3v) is 3.88. The summed E-state index contributed by atoms with van der Waals surface area (Å²) in [5, 5.41) is 11.7. The van der Waals surface area contributed by atoms with E-state index in [1.807, 2.05) is 50.2 Å². The first-order chi connectivity index (χ1) is 12.2. The van der Waals surface area contributed by atoms with Crippen LogP contribution in [0.1, 0.15) is 31.4 Å². The van der Waals surface area contributed by atoms with E-state index in [1.54, 1.807) is 4.52 Å². The van der Waals surface area contributed by atoms with Gasteiger partial charge in [-0.1, -0.05) is 30.3 Å². The van der Waals surface area contributed by atoms with Crippen LogP contribution in [0, 0.1) is 0 Å². The van der Waals surface area contributed by atoms with Crippen LogP contribution in [0.15, 0.2) is 47.2 Å². The molecule has 0 spiro atoms. The number of aromatic nitrogens is 6. The summed E-state index contributed by atoms with van der Waals surface area (Å²) in [7, 11) is 0. The second-order valence-corrected chi connectivity index (χ2v) is 5.65. The third-order valence-electron chi connectivity index (χ3n) is 3.88. The van der Waals surface area contributed by atoms with Crippen LogP contribution in [-0.4, -0.2) is 29.7 Å². The maximum absolute atomic E-state index is 5.38. The molecule has 0 fully saturated rings. The number of hydrogen-bond donors (Lipinski definition) is 1. The average molecular weight is 335 g/mol. The Kier molecular flexibility index (Phi) is 3.85. The Labute approximate surface area is 143 Å². The van der Waals surface area contributed by atoms with Crippen molar-refractivity contribution in [3.63, 3.8) is 0 Å². The Bertz CT molecular complexity index is 993. The van der Waals surface area contributed by atoms with Crippen LogP contribution in [0.4, 0.5) is 5.82 Å². The van der Waals surface area contributed by atoms with Gasteiger partial charge in [0.1, 0.15) is 12.1 Å². The Morgan fingerprint density at radius 2 is 2.04 bits per heavy atom. The molecule has 126 valence electrons. The molecule has 0 saturated carbocycles. The molecule has 25 heavy (non-hydrogen) atoms. The number of nitrogens with zero attached hydrogens (tertiary/aromatic N) is 6. The zero-order chi connectivity index (χ0) is 17.2. The number of nitrogens with one attached hydrogen (secondary N) is 1. The Hall–Kier alpha value is -3.29. The Morgan fingerprint density at radius 3 is 2.84 bits per heavy atom. The zero-order valence-corrected chi connectivity index (χ0v) is 13.9. The molecule has 0 aliphatic rings. The molecule has 0 bridgehead atoms. The second-order valence-electron chi connectivity index (χ2n) is 5.65. The van der Waals surface area contributed by atoms with E-state index in [0.717, 1.165) is 23.5 Å². The standard InChI is InChI=1S/C17H17N7O/c1-3-13-9-14(24-17(21-13)18-10-19-24)20-11(2)15-22-16(25-23-15)12-7-5-4-6-8-12/h4-11,20H,3H2,1-2H3. The molecule has 1 N–H and O–H groups in total. The molecular formula is C17H17N7O. The topological polar surface area (TPSA) is 94.0 Å². The molecule has 0 amide bonds. The average Bonchev–Trinajstić information content (AvgIpc) is 3.32. The largest absolute Gasteiger partial charge is 0.360 e. The molecule has 0 aliphatic heterocycles. The molecular weight excluding hydrogens is 318 g/mol. The van der Waals surface area contributed by atoms with Gasteiger partial charge in [-0.2, -0.15) is 19.6 Å². The van der Waals surface area contributed by atoms with E-state index in [4.69, 9.17) is 4.52 Å². The molecule has 8 nitrogen and oxygen atoms in total. The lowest BCUT2D eigenvalue weighted by molar-refractivity contribution is 0.419. The van der Waals surface area contributed by atoms with Gasteiger partial charge in [-0.25, -0.2) is 4.98 Å². The lowest BCUT2D eigenvalue weighted by Crippen LogP contribution is -2.13. The predicted molar refractivity (Wildman–Crippen MR) is 91.9 cm³/mol. The normalized spacial score (nSPS) is 12.4. The molecule has 1 atom stereocenters. The molecule has 0 aliphatic carbocycles. The summed E-state index contributed by atoms with van der Waals surface area (Å²) in [5.41, 5.74) is 1.83. The second kappa shape index (κ2) is 6.31. The SMILES string of the molecule is CCc1cc(NC(C)c2noc(-c3ccccc3)n2)n2ncnc2n1. The third kappa shape index (κ3) is 2.93. The molecule has 8 heteroatoms. The highest BCUT2D eigenvalue weighted by Gasteiger charge is 2.17. The lowest BCUT2D eigenvalue weighted by atomic mass is 10.2. The van der Waals surface area contributed by atoms with Crippen LogP contribution >= 0.6 is 0 Å². The summed E-state index contributed by atoms with van der Waals surface area (Å²) in [5.74, 6) is 2.42. The van der Waals surface area contributed by atoms with Crippen molar-refractivity contribution in [3.8, 4) is 11.5 Å². The van der Waals surface area contributed by atoms with Crippen LogP contribution in [0.25, 0.3) is 17.2 Å². The van der Waals surface area contributed by atoms with Crippen molar-refractivity contribution < 1.29 is 4.52 Å². The first kappa shape index (κ1) is 15.3. The van der Waals surface area contributed by atoms with Gasteiger partial charge in [0.15, 0.2) is 5.82 Å². The van der Waals surface area contributed by atoms with E-state index in [0.29, 0.717) is 17.5 Å². The smallest absolute Gasteiger partial charge is 0.257 e. The van der Waals surface area contributed by atoms with Gasteiger partial charge in [0, 0.05) is 17.3 Å². The number of fused-ring (bicyclic) bond motifs is 1. The molecule has 3 aromatic heterocycles. The highest BCUT2D eigenvalue weighted by atomic mass is 16.5. The van der Waals surface area contributed by atoms with Gasteiger partial charge < -0.3 is 9.84 Å². The molecule has 3 heterocycles. The van der Waals surface area contributed by atoms with E-state index in [9.17, 15) is 0 Å². The molecule has 1 aromatic carbocycles. The maximum Gasteiger partial charge on any atom is 0.257 e. The summed E-state index contributed by atoms with van der Waals surface area (Å²) < 4.78 is 7.04. The van der Waals surface area contributed by atoms with Gasteiger partial charge in [-0.05, 0) is 25.5 Å². The number of benzene rings is 1. The highest BCUT2D eigenvalue weighted by molar-refractivity contribution is 5.52. The van der Waals surface area contributed by atoms with E-state index >= 15 is 0 Å².